The number of methoxy groups -OCH3 is 1. The molecule has 0 saturated heterocycles. The number of hydrogen-bond acceptors (Lipinski definition) is 5. The molecule has 0 atom stereocenters. The van der Waals surface area contributed by atoms with Gasteiger partial charge in [0.1, 0.15) is 5.75 Å². The molecule has 0 fully saturated rings. The third-order valence-corrected chi connectivity index (χ3v) is 2.74. The van der Waals surface area contributed by atoms with Crippen molar-refractivity contribution in [1.29, 1.82) is 0 Å². The van der Waals surface area contributed by atoms with Gasteiger partial charge >= 0.3 is 6.03 Å². The molecule has 21 heavy (non-hydrogen) atoms. The number of ether oxygens (including phenoxy) is 1. The molecule has 0 aliphatic rings. The summed E-state index contributed by atoms with van der Waals surface area (Å²) in [7, 11) is 1.53. The maximum absolute atomic E-state index is 12.0. The fourth-order valence-electron chi connectivity index (χ4n) is 1.67. The summed E-state index contributed by atoms with van der Waals surface area (Å²) >= 11 is 0. The molecule has 0 aliphatic heterocycles. The van der Waals surface area contributed by atoms with Gasteiger partial charge in [0.15, 0.2) is 0 Å². The molecule has 1 aromatic heterocycles. The zero-order valence-corrected chi connectivity index (χ0v) is 11.4. The van der Waals surface area contributed by atoms with Gasteiger partial charge in [-0.15, -0.1) is 9.92 Å². The van der Waals surface area contributed by atoms with Crippen LogP contribution in [0.25, 0.3) is 0 Å². The van der Waals surface area contributed by atoms with Crippen molar-refractivity contribution in [3.63, 3.8) is 0 Å². The van der Waals surface area contributed by atoms with Gasteiger partial charge in [-0.25, -0.2) is 4.79 Å². The molecule has 0 aliphatic carbocycles. The number of carbonyl (C=O) groups is 1. The Labute approximate surface area is 121 Å². The van der Waals surface area contributed by atoms with E-state index in [0.29, 0.717) is 17.1 Å². The quantitative estimate of drug-likeness (QED) is 0.676. The number of rotatable bonds is 5. The van der Waals surface area contributed by atoms with Gasteiger partial charge in [-0.2, -0.15) is 0 Å². The zero-order chi connectivity index (χ0) is 15.1. The van der Waals surface area contributed by atoms with Crippen LogP contribution in [0.4, 0.5) is 10.5 Å². The Morgan fingerprint density at radius 1 is 1.29 bits per heavy atom. The van der Waals surface area contributed by atoms with Crippen LogP contribution < -0.4 is 15.1 Å². The number of nitrogens with zero attached hydrogens (tertiary/aromatic N) is 3. The number of aromatic nitrogens is 1. The molecule has 7 nitrogen and oxygen atoms in total. The van der Waals surface area contributed by atoms with Crippen LogP contribution >= 0.6 is 0 Å². The van der Waals surface area contributed by atoms with Crippen LogP contribution in [0.2, 0.25) is 0 Å². The topological polar surface area (TPSA) is 83.9 Å². The molecule has 0 radical (unpaired) electrons. The first-order chi connectivity index (χ1) is 10.2. The summed E-state index contributed by atoms with van der Waals surface area (Å²) in [6, 6.07) is 11.2. The average molecular weight is 286 g/mol. The van der Waals surface area contributed by atoms with Crippen LogP contribution in [0.5, 0.6) is 5.75 Å². The minimum Gasteiger partial charge on any atom is -0.497 e. The molecule has 1 N–H and O–H groups in total. The van der Waals surface area contributed by atoms with Gasteiger partial charge in [0, 0.05) is 6.20 Å². The van der Waals surface area contributed by atoms with Crippen LogP contribution in [-0.2, 0) is 6.54 Å². The highest BCUT2D eigenvalue weighted by Gasteiger charge is 2.16. The zero-order valence-electron chi connectivity index (χ0n) is 11.4. The Balaban J connectivity index is 2.02. The van der Waals surface area contributed by atoms with Gasteiger partial charge in [-0.1, -0.05) is 6.07 Å². The molecular formula is C14H14N4O3. The SMILES string of the molecule is COc1ccc(N(N=O)C(=O)NCc2ccccn2)cc1. The fourth-order valence-corrected chi connectivity index (χ4v) is 1.67. The number of hydrogen-bond donors (Lipinski definition) is 1. The first-order valence-electron chi connectivity index (χ1n) is 6.20. The van der Waals surface area contributed by atoms with Gasteiger partial charge in [-0.05, 0) is 36.4 Å². The Hall–Kier alpha value is -2.96. The van der Waals surface area contributed by atoms with Crippen LogP contribution in [-0.4, -0.2) is 18.1 Å². The van der Waals surface area contributed by atoms with Crippen LogP contribution in [0.3, 0.4) is 0 Å². The molecule has 2 aromatic rings. The summed E-state index contributed by atoms with van der Waals surface area (Å²) in [6.45, 7) is 0.210. The molecule has 2 amide bonds. The second kappa shape index (κ2) is 6.99. The van der Waals surface area contributed by atoms with Crippen molar-refractivity contribution in [2.75, 3.05) is 12.1 Å². The maximum atomic E-state index is 12.0. The van der Waals surface area contributed by atoms with Crippen molar-refractivity contribution in [2.45, 2.75) is 6.54 Å². The molecule has 0 saturated carbocycles. The Bertz CT molecular complexity index is 601. The van der Waals surface area contributed by atoms with E-state index in [2.05, 4.69) is 15.6 Å². The Morgan fingerprint density at radius 2 is 2.05 bits per heavy atom. The number of benzene rings is 1. The first kappa shape index (κ1) is 14.4. The molecule has 1 aromatic carbocycles. The average Bonchev–Trinajstić information content (AvgIpc) is 2.55. The minimum atomic E-state index is -0.624. The molecule has 7 heteroatoms. The van der Waals surface area contributed by atoms with Gasteiger partial charge < -0.3 is 10.1 Å². The Kier molecular flexibility index (Phi) is 4.81. The second-order valence-electron chi connectivity index (χ2n) is 4.07. The van der Waals surface area contributed by atoms with Crippen molar-refractivity contribution < 1.29 is 9.53 Å². The molecule has 108 valence electrons. The standard InChI is InChI=1S/C14H14N4O3/c1-21-13-7-5-12(6-8-13)18(17-20)14(19)16-10-11-4-2-3-9-15-11/h2-9H,10H2,1H3,(H,16,19). The van der Waals surface area contributed by atoms with Crippen molar-refractivity contribution in [3.05, 3.63) is 59.3 Å². The van der Waals surface area contributed by atoms with E-state index < -0.39 is 6.03 Å². The minimum absolute atomic E-state index is 0.210. The number of urea groups is 1. The lowest BCUT2D eigenvalue weighted by molar-refractivity contribution is 0.246. The lowest BCUT2D eigenvalue weighted by atomic mass is 10.3. The van der Waals surface area contributed by atoms with Crippen molar-refractivity contribution in [1.82, 2.24) is 10.3 Å². The highest BCUT2D eigenvalue weighted by atomic mass is 16.5. The summed E-state index contributed by atoms with van der Waals surface area (Å²) in [5.41, 5.74) is 1.04. The molecule has 1 heterocycles. The maximum Gasteiger partial charge on any atom is 0.345 e. The molecule has 0 spiro atoms. The van der Waals surface area contributed by atoms with E-state index in [1.165, 1.54) is 7.11 Å². The van der Waals surface area contributed by atoms with Crippen LogP contribution in [0, 0.1) is 4.91 Å². The van der Waals surface area contributed by atoms with Gasteiger partial charge in [0.05, 0.1) is 30.3 Å². The van der Waals surface area contributed by atoms with E-state index in [0.717, 1.165) is 5.01 Å². The first-order valence-corrected chi connectivity index (χ1v) is 6.20. The van der Waals surface area contributed by atoms with Gasteiger partial charge in [0.2, 0.25) is 0 Å². The monoisotopic (exact) mass is 286 g/mol. The molecular weight excluding hydrogens is 272 g/mol. The van der Waals surface area contributed by atoms with E-state index in [-0.39, 0.29) is 6.54 Å². The lowest BCUT2D eigenvalue weighted by Crippen LogP contribution is -2.36. The van der Waals surface area contributed by atoms with Crippen LogP contribution in [0.1, 0.15) is 5.69 Å². The van der Waals surface area contributed by atoms with E-state index >= 15 is 0 Å². The Morgan fingerprint density at radius 3 is 2.62 bits per heavy atom. The van der Waals surface area contributed by atoms with E-state index in [9.17, 15) is 9.70 Å². The van der Waals surface area contributed by atoms with Crippen LogP contribution in [0.15, 0.2) is 53.9 Å². The van der Waals surface area contributed by atoms with Crippen molar-refractivity contribution in [3.8, 4) is 5.75 Å². The van der Waals surface area contributed by atoms with E-state index in [4.69, 9.17) is 4.74 Å². The third kappa shape index (κ3) is 3.75. The molecule has 0 unspecified atom stereocenters. The number of nitrogens with one attached hydrogen (secondary N) is 1. The largest absolute Gasteiger partial charge is 0.497 e. The number of anilines is 1. The highest BCUT2D eigenvalue weighted by molar-refractivity contribution is 5.91. The van der Waals surface area contributed by atoms with Crippen molar-refractivity contribution in [2.24, 2.45) is 5.29 Å². The summed E-state index contributed by atoms with van der Waals surface area (Å²) in [4.78, 5) is 26.9. The normalized spacial score (nSPS) is 9.76. The number of pyridine rings is 1. The number of nitroso groups, excluding NO2 is 1. The van der Waals surface area contributed by atoms with Gasteiger partial charge in [-0.3, -0.25) is 4.98 Å². The van der Waals surface area contributed by atoms with Gasteiger partial charge in [0.25, 0.3) is 0 Å². The number of amides is 2. The summed E-state index contributed by atoms with van der Waals surface area (Å²) < 4.78 is 5.01. The summed E-state index contributed by atoms with van der Waals surface area (Å²) in [6.07, 6.45) is 1.63. The summed E-state index contributed by atoms with van der Waals surface area (Å²) in [5.74, 6) is 0.624. The third-order valence-electron chi connectivity index (χ3n) is 2.74. The predicted molar refractivity (Wildman–Crippen MR) is 77.7 cm³/mol. The fraction of sp³-hybridized carbons (Fsp3) is 0.143. The predicted octanol–water partition coefficient (Wildman–Crippen LogP) is 2.49. The van der Waals surface area contributed by atoms with Crippen molar-refractivity contribution >= 4 is 11.7 Å². The smallest absolute Gasteiger partial charge is 0.345 e. The van der Waals surface area contributed by atoms with E-state index in [1.807, 2.05) is 6.07 Å². The second-order valence-corrected chi connectivity index (χ2v) is 4.07. The highest BCUT2D eigenvalue weighted by Crippen LogP contribution is 2.19. The lowest BCUT2D eigenvalue weighted by Gasteiger charge is -2.14. The number of carbonyl (C=O) groups excluding carboxylic acids is 1. The summed E-state index contributed by atoms with van der Waals surface area (Å²) in [5, 5.41) is 6.05. The van der Waals surface area contributed by atoms with E-state index in [1.54, 1.807) is 42.6 Å². The molecule has 2 rings (SSSR count). The molecule has 0 bridgehead atoms.